The number of carbonyl (C=O) groups excluding carboxylic acids is 1. The molecule has 1 fully saturated rings. The van der Waals surface area contributed by atoms with Gasteiger partial charge in [-0.1, -0.05) is 12.8 Å². The molecule has 134 valence electrons. The number of carbonyl (C=O) groups is 1. The Kier molecular flexibility index (Phi) is 4.93. The van der Waals surface area contributed by atoms with E-state index in [1.165, 1.54) is 6.42 Å². The Morgan fingerprint density at radius 1 is 1.16 bits per heavy atom. The van der Waals surface area contributed by atoms with Gasteiger partial charge in [-0.2, -0.15) is 5.10 Å². The number of aromatic nitrogens is 3. The maximum atomic E-state index is 13.3. The van der Waals surface area contributed by atoms with Crippen LogP contribution < -0.4 is 0 Å². The summed E-state index contributed by atoms with van der Waals surface area (Å²) >= 11 is 0. The minimum absolute atomic E-state index is 0.0369. The molecule has 3 heterocycles. The second-order valence-corrected chi connectivity index (χ2v) is 7.90. The molecule has 0 saturated carbocycles. The maximum absolute atomic E-state index is 13.3. The Morgan fingerprint density at radius 2 is 1.88 bits per heavy atom. The SMILES string of the molecule is Cc1cc(C(=O)N2CCCCCC2c2ccncc2)nn1C(C)(C)C. The molecule has 1 aliphatic heterocycles. The van der Waals surface area contributed by atoms with E-state index in [1.807, 2.05) is 34.7 Å². The van der Waals surface area contributed by atoms with Crippen molar-refractivity contribution in [2.24, 2.45) is 0 Å². The van der Waals surface area contributed by atoms with Gasteiger partial charge < -0.3 is 4.90 Å². The van der Waals surface area contributed by atoms with Crippen molar-refractivity contribution in [3.05, 3.63) is 47.5 Å². The largest absolute Gasteiger partial charge is 0.330 e. The zero-order valence-corrected chi connectivity index (χ0v) is 15.7. The average molecular weight is 340 g/mol. The van der Waals surface area contributed by atoms with Crippen LogP contribution in [0.4, 0.5) is 0 Å². The van der Waals surface area contributed by atoms with E-state index in [4.69, 9.17) is 0 Å². The lowest BCUT2D eigenvalue weighted by atomic mass is 10.0. The van der Waals surface area contributed by atoms with Crippen molar-refractivity contribution in [1.29, 1.82) is 0 Å². The smallest absolute Gasteiger partial charge is 0.274 e. The van der Waals surface area contributed by atoms with Crippen LogP contribution >= 0.6 is 0 Å². The Balaban J connectivity index is 1.93. The summed E-state index contributed by atoms with van der Waals surface area (Å²) in [7, 11) is 0. The van der Waals surface area contributed by atoms with Gasteiger partial charge in [0.25, 0.3) is 5.91 Å². The number of nitrogens with zero attached hydrogens (tertiary/aromatic N) is 4. The summed E-state index contributed by atoms with van der Waals surface area (Å²) in [6.45, 7) is 9.11. The highest BCUT2D eigenvalue weighted by atomic mass is 16.2. The third-order valence-electron chi connectivity index (χ3n) is 4.85. The molecule has 3 rings (SSSR count). The summed E-state index contributed by atoms with van der Waals surface area (Å²) in [5, 5.41) is 4.63. The van der Waals surface area contributed by atoms with Gasteiger partial charge in [0, 0.05) is 24.6 Å². The summed E-state index contributed by atoms with van der Waals surface area (Å²) in [5.41, 5.74) is 2.60. The molecule has 1 aliphatic rings. The third kappa shape index (κ3) is 3.75. The average Bonchev–Trinajstić information content (AvgIpc) is 2.82. The first-order chi connectivity index (χ1) is 11.9. The third-order valence-corrected chi connectivity index (χ3v) is 4.85. The molecule has 1 unspecified atom stereocenters. The van der Waals surface area contributed by atoms with Crippen molar-refractivity contribution in [3.63, 3.8) is 0 Å². The molecule has 5 heteroatoms. The van der Waals surface area contributed by atoms with Crippen LogP contribution in [0.2, 0.25) is 0 Å². The van der Waals surface area contributed by atoms with Crippen LogP contribution in [0.25, 0.3) is 0 Å². The predicted molar refractivity (Wildman–Crippen MR) is 98.4 cm³/mol. The number of aryl methyl sites for hydroxylation is 1. The van der Waals surface area contributed by atoms with E-state index in [9.17, 15) is 4.79 Å². The Bertz CT molecular complexity index is 730. The summed E-state index contributed by atoms with van der Waals surface area (Å²) in [4.78, 5) is 19.4. The monoisotopic (exact) mass is 340 g/mol. The van der Waals surface area contributed by atoms with Crippen molar-refractivity contribution in [3.8, 4) is 0 Å². The second kappa shape index (κ2) is 6.98. The fourth-order valence-corrected chi connectivity index (χ4v) is 3.69. The first-order valence-corrected chi connectivity index (χ1v) is 9.16. The second-order valence-electron chi connectivity index (χ2n) is 7.90. The van der Waals surface area contributed by atoms with Gasteiger partial charge in [0.05, 0.1) is 11.6 Å². The normalized spacial score (nSPS) is 18.9. The van der Waals surface area contributed by atoms with Gasteiger partial charge in [-0.25, -0.2) is 0 Å². The molecule has 0 radical (unpaired) electrons. The van der Waals surface area contributed by atoms with E-state index in [0.717, 1.165) is 37.1 Å². The van der Waals surface area contributed by atoms with Crippen molar-refractivity contribution in [1.82, 2.24) is 19.7 Å². The van der Waals surface area contributed by atoms with Gasteiger partial charge in [-0.05, 0) is 64.3 Å². The topological polar surface area (TPSA) is 51.0 Å². The molecule has 25 heavy (non-hydrogen) atoms. The van der Waals surface area contributed by atoms with E-state index >= 15 is 0 Å². The zero-order chi connectivity index (χ0) is 18.0. The zero-order valence-electron chi connectivity index (χ0n) is 15.7. The number of hydrogen-bond donors (Lipinski definition) is 0. The lowest BCUT2D eigenvalue weighted by molar-refractivity contribution is 0.0673. The quantitative estimate of drug-likeness (QED) is 0.827. The van der Waals surface area contributed by atoms with Crippen LogP contribution in [0.5, 0.6) is 0 Å². The molecule has 1 atom stereocenters. The van der Waals surface area contributed by atoms with E-state index < -0.39 is 0 Å². The first kappa shape index (κ1) is 17.6. The Morgan fingerprint density at radius 3 is 2.52 bits per heavy atom. The molecule has 0 bridgehead atoms. The molecule has 0 N–H and O–H groups in total. The molecule has 1 amide bonds. The van der Waals surface area contributed by atoms with Gasteiger partial charge >= 0.3 is 0 Å². The van der Waals surface area contributed by atoms with Crippen LogP contribution in [-0.4, -0.2) is 32.1 Å². The van der Waals surface area contributed by atoms with Gasteiger partial charge in [-0.3, -0.25) is 14.5 Å². The van der Waals surface area contributed by atoms with Crippen LogP contribution in [-0.2, 0) is 5.54 Å². The Hall–Kier alpha value is -2.17. The fourth-order valence-electron chi connectivity index (χ4n) is 3.69. The van der Waals surface area contributed by atoms with Gasteiger partial charge in [-0.15, -0.1) is 0 Å². The number of rotatable bonds is 2. The van der Waals surface area contributed by atoms with E-state index in [2.05, 4.69) is 30.9 Å². The highest BCUT2D eigenvalue weighted by Crippen LogP contribution is 2.31. The minimum atomic E-state index is -0.133. The highest BCUT2D eigenvalue weighted by Gasteiger charge is 2.30. The highest BCUT2D eigenvalue weighted by molar-refractivity contribution is 5.92. The first-order valence-electron chi connectivity index (χ1n) is 9.16. The predicted octanol–water partition coefficient (Wildman–Crippen LogP) is 4.10. The molecule has 2 aromatic heterocycles. The van der Waals surface area contributed by atoms with Gasteiger partial charge in [0.2, 0.25) is 0 Å². The van der Waals surface area contributed by atoms with Crippen LogP contribution in [0.1, 0.15) is 74.2 Å². The van der Waals surface area contributed by atoms with Crippen molar-refractivity contribution in [2.75, 3.05) is 6.54 Å². The van der Waals surface area contributed by atoms with E-state index in [1.54, 1.807) is 12.4 Å². The molecule has 5 nitrogen and oxygen atoms in total. The lowest BCUT2D eigenvalue weighted by Gasteiger charge is -2.30. The van der Waals surface area contributed by atoms with Gasteiger partial charge in [0.1, 0.15) is 0 Å². The van der Waals surface area contributed by atoms with Crippen molar-refractivity contribution >= 4 is 5.91 Å². The molecule has 2 aromatic rings. The maximum Gasteiger partial charge on any atom is 0.274 e. The van der Waals surface area contributed by atoms with Gasteiger partial charge in [0.15, 0.2) is 5.69 Å². The number of pyridine rings is 1. The molecule has 0 aliphatic carbocycles. The van der Waals surface area contributed by atoms with Crippen LogP contribution in [0, 0.1) is 6.92 Å². The molecular formula is C20H28N4O. The molecule has 0 spiro atoms. The molecular weight excluding hydrogens is 312 g/mol. The van der Waals surface area contributed by atoms with Crippen LogP contribution in [0.15, 0.2) is 30.6 Å². The van der Waals surface area contributed by atoms with E-state index in [-0.39, 0.29) is 17.5 Å². The van der Waals surface area contributed by atoms with Crippen LogP contribution in [0.3, 0.4) is 0 Å². The molecule has 0 aromatic carbocycles. The standard InChI is InChI=1S/C20H28N4O/c1-15-14-17(22-24(15)20(2,3)4)19(25)23-13-7-5-6-8-18(23)16-9-11-21-12-10-16/h9-12,14,18H,5-8,13H2,1-4H3. The summed E-state index contributed by atoms with van der Waals surface area (Å²) in [6.07, 6.45) is 7.97. The van der Waals surface area contributed by atoms with Crippen molar-refractivity contribution < 1.29 is 4.79 Å². The molecule has 1 saturated heterocycles. The summed E-state index contributed by atoms with van der Waals surface area (Å²) < 4.78 is 1.94. The Labute approximate surface area is 150 Å². The lowest BCUT2D eigenvalue weighted by Crippen LogP contribution is -2.35. The number of likely N-dealkylation sites (tertiary alicyclic amines) is 1. The number of hydrogen-bond acceptors (Lipinski definition) is 3. The van der Waals surface area contributed by atoms with E-state index in [0.29, 0.717) is 5.69 Å². The summed E-state index contributed by atoms with van der Waals surface area (Å²) in [5.74, 6) is 0.0369. The number of amides is 1. The minimum Gasteiger partial charge on any atom is -0.330 e. The van der Waals surface area contributed by atoms with Crippen molar-refractivity contribution in [2.45, 2.75) is 65.0 Å². The fraction of sp³-hybridized carbons (Fsp3) is 0.550. The summed E-state index contributed by atoms with van der Waals surface area (Å²) in [6, 6.07) is 6.07.